The van der Waals surface area contributed by atoms with Crippen LogP contribution in [0.1, 0.15) is 15.2 Å². The van der Waals surface area contributed by atoms with Crippen molar-refractivity contribution in [2.45, 2.75) is 11.2 Å². The first-order chi connectivity index (χ1) is 13.8. The average Bonchev–Trinajstić information content (AvgIpc) is 3.22. The van der Waals surface area contributed by atoms with Crippen LogP contribution in [0.2, 0.25) is 0 Å². The molecule has 0 unspecified atom stereocenters. The summed E-state index contributed by atoms with van der Waals surface area (Å²) >= 11 is 2.41. The number of rotatable bonds is 6. The molecule has 3 aromatic rings. The predicted molar refractivity (Wildman–Crippen MR) is 105 cm³/mol. The molecule has 0 aliphatic heterocycles. The summed E-state index contributed by atoms with van der Waals surface area (Å²) in [6.07, 6.45) is -4.42. The van der Waals surface area contributed by atoms with Crippen molar-refractivity contribution in [1.82, 2.24) is 10.2 Å². The SMILES string of the molecule is O=C(CSc1ccc(NC(=O)c2cccs2)nn1)Nc1ccc(C(F)(F)F)cc1. The average molecular weight is 438 g/mol. The number of amides is 2. The van der Waals surface area contributed by atoms with E-state index < -0.39 is 17.6 Å². The molecule has 6 nitrogen and oxygen atoms in total. The van der Waals surface area contributed by atoms with Crippen LogP contribution in [0.4, 0.5) is 24.7 Å². The highest BCUT2D eigenvalue weighted by molar-refractivity contribution is 7.99. The maximum atomic E-state index is 12.5. The third-order valence-electron chi connectivity index (χ3n) is 3.47. The first-order valence-corrected chi connectivity index (χ1v) is 9.96. The van der Waals surface area contributed by atoms with Gasteiger partial charge in [-0.1, -0.05) is 17.8 Å². The second kappa shape index (κ2) is 9.05. The van der Waals surface area contributed by atoms with Crippen LogP contribution in [-0.4, -0.2) is 27.8 Å². The monoisotopic (exact) mass is 438 g/mol. The highest BCUT2D eigenvalue weighted by atomic mass is 32.2. The Kier molecular flexibility index (Phi) is 6.49. The van der Waals surface area contributed by atoms with Crippen molar-refractivity contribution < 1.29 is 22.8 Å². The summed E-state index contributed by atoms with van der Waals surface area (Å²) in [5.41, 5.74) is -0.521. The van der Waals surface area contributed by atoms with Gasteiger partial charge in [0.15, 0.2) is 5.82 Å². The van der Waals surface area contributed by atoms with Gasteiger partial charge in [-0.15, -0.1) is 21.5 Å². The molecule has 0 spiro atoms. The highest BCUT2D eigenvalue weighted by Gasteiger charge is 2.29. The summed E-state index contributed by atoms with van der Waals surface area (Å²) in [4.78, 5) is 24.4. The molecule has 0 aliphatic rings. The fraction of sp³-hybridized carbons (Fsp3) is 0.111. The van der Waals surface area contributed by atoms with Gasteiger partial charge in [0.05, 0.1) is 16.2 Å². The molecule has 2 aromatic heterocycles. The molecule has 0 fully saturated rings. The smallest absolute Gasteiger partial charge is 0.325 e. The van der Waals surface area contributed by atoms with Crippen molar-refractivity contribution >= 4 is 46.4 Å². The Bertz CT molecular complexity index is 976. The van der Waals surface area contributed by atoms with Gasteiger partial charge in [0, 0.05) is 5.69 Å². The Labute approximate surface area is 171 Å². The van der Waals surface area contributed by atoms with Crippen LogP contribution in [0, 0.1) is 0 Å². The number of thioether (sulfide) groups is 1. The van der Waals surface area contributed by atoms with Crippen LogP contribution in [-0.2, 0) is 11.0 Å². The number of thiophene rings is 1. The molecule has 2 amide bonds. The largest absolute Gasteiger partial charge is 0.416 e. The number of nitrogens with one attached hydrogen (secondary N) is 2. The predicted octanol–water partition coefficient (Wildman–Crippen LogP) is 4.54. The van der Waals surface area contributed by atoms with Crippen molar-refractivity contribution in [2.75, 3.05) is 16.4 Å². The first kappa shape index (κ1) is 20.8. The van der Waals surface area contributed by atoms with Crippen molar-refractivity contribution in [3.63, 3.8) is 0 Å². The molecular formula is C18H13F3N4O2S2. The number of hydrogen-bond acceptors (Lipinski definition) is 6. The summed E-state index contributed by atoms with van der Waals surface area (Å²) < 4.78 is 37.6. The number of halogens is 3. The minimum atomic E-state index is -4.42. The van der Waals surface area contributed by atoms with E-state index in [1.54, 1.807) is 29.6 Å². The van der Waals surface area contributed by atoms with Gasteiger partial charge in [-0.25, -0.2) is 0 Å². The molecule has 11 heteroatoms. The molecule has 0 bridgehead atoms. The molecular weight excluding hydrogens is 425 g/mol. The van der Waals surface area contributed by atoms with Gasteiger partial charge in [-0.05, 0) is 47.8 Å². The Morgan fingerprint density at radius 3 is 2.34 bits per heavy atom. The molecule has 0 atom stereocenters. The lowest BCUT2D eigenvalue weighted by molar-refractivity contribution is -0.137. The number of hydrogen-bond donors (Lipinski definition) is 2. The standard InChI is InChI=1S/C18H13F3N4O2S2/c19-18(20,21)11-3-5-12(6-4-11)22-15(26)10-29-16-8-7-14(24-25-16)23-17(27)13-2-1-9-28-13/h1-9H,10H2,(H,22,26)(H,23,24,27). The van der Waals surface area contributed by atoms with Gasteiger partial charge in [0.25, 0.3) is 5.91 Å². The highest BCUT2D eigenvalue weighted by Crippen LogP contribution is 2.29. The van der Waals surface area contributed by atoms with Gasteiger partial charge in [-0.3, -0.25) is 9.59 Å². The number of benzene rings is 1. The second-order valence-corrected chi connectivity index (χ2v) is 7.54. The number of carbonyl (C=O) groups excluding carboxylic acids is 2. The number of nitrogens with zero attached hydrogens (tertiary/aromatic N) is 2. The van der Waals surface area contributed by atoms with Crippen LogP contribution in [0.25, 0.3) is 0 Å². The van der Waals surface area contributed by atoms with Crippen LogP contribution >= 0.6 is 23.1 Å². The van der Waals surface area contributed by atoms with E-state index >= 15 is 0 Å². The summed E-state index contributed by atoms with van der Waals surface area (Å²) in [5.74, 6) is -0.407. The molecule has 0 saturated carbocycles. The lowest BCUT2D eigenvalue weighted by atomic mass is 10.2. The quantitative estimate of drug-likeness (QED) is 0.552. The lowest BCUT2D eigenvalue weighted by Gasteiger charge is -2.08. The molecule has 29 heavy (non-hydrogen) atoms. The maximum absolute atomic E-state index is 12.5. The minimum Gasteiger partial charge on any atom is -0.325 e. The second-order valence-electron chi connectivity index (χ2n) is 5.60. The van der Waals surface area contributed by atoms with Crippen molar-refractivity contribution in [3.05, 3.63) is 64.4 Å². The fourth-order valence-corrected chi connectivity index (χ4v) is 3.36. The summed E-state index contributed by atoms with van der Waals surface area (Å²) in [6, 6.07) is 10.8. The van der Waals surface area contributed by atoms with Crippen molar-refractivity contribution in [3.8, 4) is 0 Å². The maximum Gasteiger partial charge on any atom is 0.416 e. The first-order valence-electron chi connectivity index (χ1n) is 8.10. The van der Waals surface area contributed by atoms with E-state index in [0.29, 0.717) is 9.90 Å². The third-order valence-corrected chi connectivity index (χ3v) is 5.26. The molecule has 2 N–H and O–H groups in total. The van der Waals surface area contributed by atoms with E-state index in [4.69, 9.17) is 0 Å². The molecule has 0 saturated heterocycles. The van der Waals surface area contributed by atoms with Gasteiger partial charge in [-0.2, -0.15) is 13.2 Å². The fourth-order valence-electron chi connectivity index (χ4n) is 2.13. The molecule has 2 heterocycles. The summed E-state index contributed by atoms with van der Waals surface area (Å²) in [6.45, 7) is 0. The molecule has 3 rings (SSSR count). The van der Waals surface area contributed by atoms with Crippen LogP contribution in [0.15, 0.2) is 58.9 Å². The van der Waals surface area contributed by atoms with Gasteiger partial charge in [0.1, 0.15) is 5.03 Å². The van der Waals surface area contributed by atoms with Crippen molar-refractivity contribution in [2.24, 2.45) is 0 Å². The zero-order chi connectivity index (χ0) is 20.9. The van der Waals surface area contributed by atoms with E-state index in [9.17, 15) is 22.8 Å². The lowest BCUT2D eigenvalue weighted by Crippen LogP contribution is -2.15. The van der Waals surface area contributed by atoms with E-state index in [1.807, 2.05) is 0 Å². The number of alkyl halides is 3. The van der Waals surface area contributed by atoms with Crippen LogP contribution in [0.3, 0.4) is 0 Å². The normalized spacial score (nSPS) is 11.1. The topological polar surface area (TPSA) is 84.0 Å². The number of carbonyl (C=O) groups is 2. The van der Waals surface area contributed by atoms with Crippen LogP contribution in [0.5, 0.6) is 0 Å². The molecule has 150 valence electrons. The van der Waals surface area contributed by atoms with Gasteiger partial charge >= 0.3 is 6.18 Å². The summed E-state index contributed by atoms with van der Waals surface area (Å²) in [5, 5.41) is 15.2. The molecule has 0 radical (unpaired) electrons. The number of aromatic nitrogens is 2. The Balaban J connectivity index is 1.48. The van der Waals surface area contributed by atoms with Gasteiger partial charge < -0.3 is 10.6 Å². The Hall–Kier alpha value is -2.92. The summed E-state index contributed by atoms with van der Waals surface area (Å²) in [7, 11) is 0. The van der Waals surface area contributed by atoms with E-state index in [2.05, 4.69) is 20.8 Å². The zero-order valence-corrected chi connectivity index (χ0v) is 16.2. The van der Waals surface area contributed by atoms with Crippen molar-refractivity contribution in [1.29, 1.82) is 0 Å². The Morgan fingerprint density at radius 1 is 1.00 bits per heavy atom. The molecule has 0 aliphatic carbocycles. The number of anilines is 2. The van der Waals surface area contributed by atoms with Crippen LogP contribution < -0.4 is 10.6 Å². The van der Waals surface area contributed by atoms with Gasteiger partial charge in [0.2, 0.25) is 5.91 Å². The molecule has 1 aromatic carbocycles. The third kappa shape index (κ3) is 6.03. The van der Waals surface area contributed by atoms with E-state index in [1.165, 1.54) is 23.5 Å². The van der Waals surface area contributed by atoms with E-state index in [-0.39, 0.29) is 23.2 Å². The Morgan fingerprint density at radius 2 is 1.76 bits per heavy atom. The minimum absolute atomic E-state index is 0.00337. The zero-order valence-electron chi connectivity index (χ0n) is 14.6. The van der Waals surface area contributed by atoms with E-state index in [0.717, 1.165) is 23.9 Å².